The third kappa shape index (κ3) is 3.77. The Hall–Kier alpha value is -2.96. The minimum Gasteiger partial charge on any atom is -0.369 e. The number of amides is 2. The molecule has 6 nitrogen and oxygen atoms in total. The van der Waals surface area contributed by atoms with Gasteiger partial charge in [0, 0.05) is 30.3 Å². The first-order valence-corrected chi connectivity index (χ1v) is 8.84. The monoisotopic (exact) mass is 371 g/mol. The molecule has 27 heavy (non-hydrogen) atoms. The highest BCUT2D eigenvalue weighted by Gasteiger charge is 2.37. The van der Waals surface area contributed by atoms with E-state index >= 15 is 0 Å². The second-order valence-corrected chi connectivity index (χ2v) is 7.16. The zero-order valence-corrected chi connectivity index (χ0v) is 15.2. The van der Waals surface area contributed by atoms with E-state index in [1.165, 1.54) is 22.9 Å². The number of hydrogen-bond acceptors (Lipinski definition) is 3. The number of rotatable bonds is 4. The topological polar surface area (TPSA) is 85.4 Å². The number of likely N-dealkylation sites (tertiary alicyclic amines) is 1. The van der Waals surface area contributed by atoms with Crippen LogP contribution in [0.4, 0.5) is 4.39 Å². The summed E-state index contributed by atoms with van der Waals surface area (Å²) in [5.41, 5.74) is 4.76. The Kier molecular flexibility index (Phi) is 5.12. The largest absolute Gasteiger partial charge is 0.369 e. The van der Waals surface area contributed by atoms with Crippen LogP contribution in [0.15, 0.2) is 47.4 Å². The van der Waals surface area contributed by atoms with Crippen molar-refractivity contribution in [2.45, 2.75) is 26.3 Å². The molecule has 2 amide bonds. The SMILES string of the molecule is CC1(C(N)=O)CCN(C(=O)c2cccn(Cc3ccccc3F)c2=O)CC1. The van der Waals surface area contributed by atoms with Gasteiger partial charge < -0.3 is 15.2 Å². The Morgan fingerprint density at radius 2 is 1.81 bits per heavy atom. The number of carbonyl (C=O) groups is 2. The van der Waals surface area contributed by atoms with Gasteiger partial charge in [-0.1, -0.05) is 25.1 Å². The van der Waals surface area contributed by atoms with Crippen LogP contribution in [0.2, 0.25) is 0 Å². The summed E-state index contributed by atoms with van der Waals surface area (Å²) < 4.78 is 15.2. The van der Waals surface area contributed by atoms with Crippen LogP contribution in [-0.4, -0.2) is 34.4 Å². The van der Waals surface area contributed by atoms with Gasteiger partial charge in [-0.25, -0.2) is 4.39 Å². The van der Waals surface area contributed by atoms with Crippen LogP contribution in [0.1, 0.15) is 35.7 Å². The van der Waals surface area contributed by atoms with E-state index in [0.29, 0.717) is 31.5 Å². The quantitative estimate of drug-likeness (QED) is 0.889. The lowest BCUT2D eigenvalue weighted by Gasteiger charge is -2.37. The highest BCUT2D eigenvalue weighted by molar-refractivity contribution is 5.94. The van der Waals surface area contributed by atoms with E-state index in [9.17, 15) is 18.8 Å². The van der Waals surface area contributed by atoms with E-state index in [1.807, 2.05) is 0 Å². The van der Waals surface area contributed by atoms with Crippen molar-refractivity contribution in [1.29, 1.82) is 0 Å². The third-order valence-electron chi connectivity index (χ3n) is 5.30. The second-order valence-electron chi connectivity index (χ2n) is 7.16. The average Bonchev–Trinajstić information content (AvgIpc) is 2.65. The van der Waals surface area contributed by atoms with Gasteiger partial charge in [0.25, 0.3) is 11.5 Å². The predicted molar refractivity (Wildman–Crippen MR) is 98.6 cm³/mol. The van der Waals surface area contributed by atoms with Gasteiger partial charge in [0.1, 0.15) is 11.4 Å². The van der Waals surface area contributed by atoms with Gasteiger partial charge in [0.2, 0.25) is 5.91 Å². The van der Waals surface area contributed by atoms with Crippen LogP contribution in [-0.2, 0) is 11.3 Å². The first-order chi connectivity index (χ1) is 12.8. The number of nitrogens with two attached hydrogens (primary N) is 1. The van der Waals surface area contributed by atoms with Crippen molar-refractivity contribution < 1.29 is 14.0 Å². The van der Waals surface area contributed by atoms with E-state index < -0.39 is 16.8 Å². The molecule has 0 bridgehead atoms. The molecule has 0 unspecified atom stereocenters. The Balaban J connectivity index is 1.80. The Morgan fingerprint density at radius 1 is 1.15 bits per heavy atom. The summed E-state index contributed by atoms with van der Waals surface area (Å²) in [4.78, 5) is 38.6. The summed E-state index contributed by atoms with van der Waals surface area (Å²) in [6, 6.07) is 9.29. The number of benzene rings is 1. The third-order valence-corrected chi connectivity index (χ3v) is 5.30. The molecule has 1 aliphatic heterocycles. The molecule has 1 aromatic carbocycles. The zero-order chi connectivity index (χ0) is 19.6. The van der Waals surface area contributed by atoms with Crippen molar-refractivity contribution in [3.8, 4) is 0 Å². The van der Waals surface area contributed by atoms with Crippen LogP contribution >= 0.6 is 0 Å². The van der Waals surface area contributed by atoms with Crippen molar-refractivity contribution >= 4 is 11.8 Å². The second kappa shape index (κ2) is 7.34. The normalized spacial score (nSPS) is 16.1. The fourth-order valence-corrected chi connectivity index (χ4v) is 3.25. The average molecular weight is 371 g/mol. The highest BCUT2D eigenvalue weighted by Crippen LogP contribution is 2.30. The van der Waals surface area contributed by atoms with Crippen LogP contribution < -0.4 is 11.3 Å². The number of nitrogens with zero attached hydrogens (tertiary/aromatic N) is 2. The molecule has 0 aliphatic carbocycles. The lowest BCUT2D eigenvalue weighted by atomic mass is 9.79. The number of pyridine rings is 1. The summed E-state index contributed by atoms with van der Waals surface area (Å²) in [7, 11) is 0. The molecule has 0 radical (unpaired) electrons. The van der Waals surface area contributed by atoms with Crippen molar-refractivity contribution in [3.05, 3.63) is 69.9 Å². The van der Waals surface area contributed by atoms with Crippen LogP contribution in [0, 0.1) is 11.2 Å². The summed E-state index contributed by atoms with van der Waals surface area (Å²) in [5.74, 6) is -1.15. The van der Waals surface area contributed by atoms with Gasteiger partial charge in [-0.2, -0.15) is 0 Å². The van der Waals surface area contributed by atoms with Gasteiger partial charge in [-0.15, -0.1) is 0 Å². The molecule has 7 heteroatoms. The molecule has 3 rings (SSSR count). The van der Waals surface area contributed by atoms with Crippen molar-refractivity contribution in [2.75, 3.05) is 13.1 Å². The molecule has 0 saturated carbocycles. The molecular weight excluding hydrogens is 349 g/mol. The Labute approximate surface area is 156 Å². The lowest BCUT2D eigenvalue weighted by molar-refractivity contribution is -0.129. The van der Waals surface area contributed by atoms with Gasteiger partial charge in [-0.05, 0) is 31.0 Å². The number of aromatic nitrogens is 1. The molecule has 0 spiro atoms. The molecular formula is C20H22FN3O3. The maximum absolute atomic E-state index is 13.9. The predicted octanol–water partition coefficient (Wildman–Crippen LogP) is 1.76. The molecule has 2 heterocycles. The van der Waals surface area contributed by atoms with Crippen LogP contribution in [0.5, 0.6) is 0 Å². The molecule has 1 aromatic heterocycles. The maximum Gasteiger partial charge on any atom is 0.263 e. The van der Waals surface area contributed by atoms with Crippen LogP contribution in [0.25, 0.3) is 0 Å². The Morgan fingerprint density at radius 3 is 2.44 bits per heavy atom. The number of piperidine rings is 1. The van der Waals surface area contributed by atoms with Crippen molar-refractivity contribution in [3.63, 3.8) is 0 Å². The number of halogens is 1. The fraction of sp³-hybridized carbons (Fsp3) is 0.350. The maximum atomic E-state index is 13.9. The first-order valence-electron chi connectivity index (χ1n) is 8.84. The molecule has 1 fully saturated rings. The number of carbonyl (C=O) groups excluding carboxylic acids is 2. The van der Waals surface area contributed by atoms with Crippen LogP contribution in [0.3, 0.4) is 0 Å². The molecule has 2 N–H and O–H groups in total. The van der Waals surface area contributed by atoms with Crippen molar-refractivity contribution in [2.24, 2.45) is 11.1 Å². The van der Waals surface area contributed by atoms with Gasteiger partial charge in [0.15, 0.2) is 0 Å². The molecule has 142 valence electrons. The first kappa shape index (κ1) is 18.8. The van der Waals surface area contributed by atoms with E-state index in [1.54, 1.807) is 36.1 Å². The zero-order valence-electron chi connectivity index (χ0n) is 15.2. The highest BCUT2D eigenvalue weighted by atomic mass is 19.1. The number of hydrogen-bond donors (Lipinski definition) is 1. The smallest absolute Gasteiger partial charge is 0.263 e. The molecule has 2 aromatic rings. The number of primary amides is 1. The summed E-state index contributed by atoms with van der Waals surface area (Å²) in [6.45, 7) is 2.56. The van der Waals surface area contributed by atoms with Crippen molar-refractivity contribution in [1.82, 2.24) is 9.47 Å². The van der Waals surface area contributed by atoms with E-state index in [2.05, 4.69) is 0 Å². The molecule has 1 saturated heterocycles. The summed E-state index contributed by atoms with van der Waals surface area (Å²) >= 11 is 0. The Bertz CT molecular complexity index is 930. The van der Waals surface area contributed by atoms with E-state index in [-0.39, 0.29) is 23.9 Å². The summed E-state index contributed by atoms with van der Waals surface area (Å²) in [5, 5.41) is 0. The van der Waals surface area contributed by atoms with Gasteiger partial charge >= 0.3 is 0 Å². The van der Waals surface area contributed by atoms with Gasteiger partial charge in [0.05, 0.1) is 6.54 Å². The standard InChI is InChI=1S/C20H22FN3O3/c1-20(19(22)27)8-11-23(12-9-20)17(25)15-6-4-10-24(18(15)26)13-14-5-2-3-7-16(14)21/h2-7,10H,8-9,11-13H2,1H3,(H2,22,27). The minimum atomic E-state index is -0.626. The van der Waals surface area contributed by atoms with E-state index in [4.69, 9.17) is 5.73 Å². The summed E-state index contributed by atoms with van der Waals surface area (Å²) in [6.07, 6.45) is 2.46. The fourth-order valence-electron chi connectivity index (χ4n) is 3.25. The molecule has 0 atom stereocenters. The minimum absolute atomic E-state index is 0.0384. The van der Waals surface area contributed by atoms with Gasteiger partial charge in [-0.3, -0.25) is 14.4 Å². The molecule has 1 aliphatic rings. The lowest BCUT2D eigenvalue weighted by Crippen LogP contribution is -2.48. The van der Waals surface area contributed by atoms with E-state index in [0.717, 1.165) is 0 Å².